The SMILES string of the molecule is CCc1cccc(CS(=O)(=O)c2ccc(-c3ccc(C)cc3)cc2)c1. The molecule has 3 rings (SSSR count). The highest BCUT2D eigenvalue weighted by Gasteiger charge is 2.15. The normalized spacial score (nSPS) is 11.4. The summed E-state index contributed by atoms with van der Waals surface area (Å²) in [5.74, 6) is 0.0325. The first-order chi connectivity index (χ1) is 12.0. The lowest BCUT2D eigenvalue weighted by molar-refractivity contribution is 0.595. The van der Waals surface area contributed by atoms with Gasteiger partial charge in [-0.15, -0.1) is 0 Å². The fourth-order valence-corrected chi connectivity index (χ4v) is 4.18. The van der Waals surface area contributed by atoms with E-state index in [4.69, 9.17) is 0 Å². The van der Waals surface area contributed by atoms with E-state index in [2.05, 4.69) is 31.2 Å². The van der Waals surface area contributed by atoms with Crippen molar-refractivity contribution in [3.8, 4) is 11.1 Å². The Morgan fingerprint density at radius 1 is 0.760 bits per heavy atom. The number of hydrogen-bond acceptors (Lipinski definition) is 2. The molecular weight excluding hydrogens is 328 g/mol. The van der Waals surface area contributed by atoms with Crippen LogP contribution in [-0.2, 0) is 22.0 Å². The van der Waals surface area contributed by atoms with Crippen LogP contribution in [0.4, 0.5) is 0 Å². The Balaban J connectivity index is 1.83. The van der Waals surface area contributed by atoms with E-state index < -0.39 is 9.84 Å². The lowest BCUT2D eigenvalue weighted by atomic mass is 10.0. The highest BCUT2D eigenvalue weighted by Crippen LogP contribution is 2.23. The third-order valence-electron chi connectivity index (χ3n) is 4.35. The van der Waals surface area contributed by atoms with Gasteiger partial charge in [0.25, 0.3) is 0 Å². The largest absolute Gasteiger partial charge is 0.223 e. The van der Waals surface area contributed by atoms with Crippen LogP contribution in [0.3, 0.4) is 0 Å². The van der Waals surface area contributed by atoms with Gasteiger partial charge in [-0.1, -0.05) is 73.2 Å². The summed E-state index contributed by atoms with van der Waals surface area (Å²) in [7, 11) is -3.34. The second-order valence-electron chi connectivity index (χ2n) is 6.32. The molecule has 0 N–H and O–H groups in total. The van der Waals surface area contributed by atoms with Gasteiger partial charge < -0.3 is 0 Å². The Hall–Kier alpha value is -2.39. The van der Waals surface area contributed by atoms with E-state index in [1.807, 2.05) is 43.3 Å². The summed E-state index contributed by atoms with van der Waals surface area (Å²) in [6.45, 7) is 4.12. The highest BCUT2D eigenvalue weighted by molar-refractivity contribution is 7.90. The zero-order valence-electron chi connectivity index (χ0n) is 14.6. The summed E-state index contributed by atoms with van der Waals surface area (Å²) >= 11 is 0. The van der Waals surface area contributed by atoms with Crippen LogP contribution in [0.25, 0.3) is 11.1 Å². The van der Waals surface area contributed by atoms with Gasteiger partial charge in [0, 0.05) is 0 Å². The van der Waals surface area contributed by atoms with Crippen molar-refractivity contribution in [1.29, 1.82) is 0 Å². The van der Waals surface area contributed by atoms with Crippen LogP contribution in [0.2, 0.25) is 0 Å². The second-order valence-corrected chi connectivity index (χ2v) is 8.31. The van der Waals surface area contributed by atoms with Gasteiger partial charge in [0.2, 0.25) is 0 Å². The van der Waals surface area contributed by atoms with Crippen LogP contribution < -0.4 is 0 Å². The minimum atomic E-state index is -3.34. The summed E-state index contributed by atoms with van der Waals surface area (Å²) < 4.78 is 25.4. The molecule has 3 aromatic carbocycles. The molecule has 0 fully saturated rings. The topological polar surface area (TPSA) is 34.1 Å². The quantitative estimate of drug-likeness (QED) is 0.634. The van der Waals surface area contributed by atoms with Crippen molar-refractivity contribution in [2.24, 2.45) is 0 Å². The highest BCUT2D eigenvalue weighted by atomic mass is 32.2. The van der Waals surface area contributed by atoms with Gasteiger partial charge in [0.15, 0.2) is 9.84 Å². The minimum absolute atomic E-state index is 0.0325. The predicted molar refractivity (Wildman–Crippen MR) is 103 cm³/mol. The molecule has 0 aliphatic heterocycles. The van der Waals surface area contributed by atoms with E-state index >= 15 is 0 Å². The van der Waals surface area contributed by atoms with Crippen molar-refractivity contribution in [3.63, 3.8) is 0 Å². The molecule has 2 nitrogen and oxygen atoms in total. The zero-order valence-corrected chi connectivity index (χ0v) is 15.4. The molecule has 0 atom stereocenters. The smallest absolute Gasteiger partial charge is 0.182 e. The fourth-order valence-electron chi connectivity index (χ4n) is 2.84. The average molecular weight is 350 g/mol. The summed E-state index contributed by atoms with van der Waals surface area (Å²) in [6, 6.07) is 23.2. The van der Waals surface area contributed by atoms with E-state index in [1.165, 1.54) is 5.56 Å². The number of hydrogen-bond donors (Lipinski definition) is 0. The molecule has 0 aromatic heterocycles. The fraction of sp³-hybridized carbons (Fsp3) is 0.182. The Labute approximate surface area is 150 Å². The van der Waals surface area contributed by atoms with E-state index in [-0.39, 0.29) is 5.75 Å². The molecule has 0 aliphatic rings. The van der Waals surface area contributed by atoms with Crippen molar-refractivity contribution in [2.45, 2.75) is 30.9 Å². The van der Waals surface area contributed by atoms with Gasteiger partial charge in [0.05, 0.1) is 10.6 Å². The molecule has 0 saturated carbocycles. The minimum Gasteiger partial charge on any atom is -0.223 e. The average Bonchev–Trinajstić information content (AvgIpc) is 2.62. The van der Waals surface area contributed by atoms with E-state index in [0.29, 0.717) is 4.90 Å². The van der Waals surface area contributed by atoms with Gasteiger partial charge in [-0.05, 0) is 47.7 Å². The number of rotatable bonds is 5. The maximum Gasteiger partial charge on any atom is 0.182 e. The van der Waals surface area contributed by atoms with Gasteiger partial charge in [-0.3, -0.25) is 0 Å². The third kappa shape index (κ3) is 4.18. The zero-order chi connectivity index (χ0) is 17.9. The van der Waals surface area contributed by atoms with Crippen LogP contribution in [0.1, 0.15) is 23.6 Å². The molecule has 0 amide bonds. The Kier molecular flexibility index (Phi) is 5.05. The van der Waals surface area contributed by atoms with Crippen molar-refractivity contribution < 1.29 is 8.42 Å². The first kappa shape index (κ1) is 17.4. The molecule has 0 radical (unpaired) electrons. The summed E-state index contributed by atoms with van der Waals surface area (Å²) in [4.78, 5) is 0.366. The molecule has 0 unspecified atom stereocenters. The van der Waals surface area contributed by atoms with E-state index in [0.717, 1.165) is 28.7 Å². The molecule has 3 aromatic rings. The molecule has 0 heterocycles. The molecule has 0 aliphatic carbocycles. The van der Waals surface area contributed by atoms with Crippen molar-refractivity contribution in [1.82, 2.24) is 0 Å². The molecule has 3 heteroatoms. The maximum atomic E-state index is 12.7. The second kappa shape index (κ2) is 7.24. The lowest BCUT2D eigenvalue weighted by Crippen LogP contribution is -2.05. The molecule has 0 saturated heterocycles. The summed E-state index contributed by atoms with van der Waals surface area (Å²) in [5.41, 5.74) is 5.30. The van der Waals surface area contributed by atoms with Crippen LogP contribution in [0.15, 0.2) is 77.7 Å². The monoisotopic (exact) mass is 350 g/mol. The first-order valence-electron chi connectivity index (χ1n) is 8.45. The Morgan fingerprint density at radius 2 is 1.32 bits per heavy atom. The standard InChI is InChI=1S/C22H22O2S/c1-3-18-5-4-6-19(15-18)16-25(23,24)22-13-11-21(12-14-22)20-9-7-17(2)8-10-20/h4-15H,3,16H2,1-2H3. The third-order valence-corrected chi connectivity index (χ3v) is 6.06. The van der Waals surface area contributed by atoms with Gasteiger partial charge >= 0.3 is 0 Å². The predicted octanol–water partition coefficient (Wildman–Crippen LogP) is 5.20. The van der Waals surface area contributed by atoms with Crippen molar-refractivity contribution in [2.75, 3.05) is 0 Å². The Bertz CT molecular complexity index is 954. The summed E-state index contributed by atoms with van der Waals surface area (Å²) in [5, 5.41) is 0. The molecule has 0 spiro atoms. The Morgan fingerprint density at radius 3 is 1.92 bits per heavy atom. The molecular formula is C22H22O2S. The van der Waals surface area contributed by atoms with E-state index in [9.17, 15) is 8.42 Å². The van der Waals surface area contributed by atoms with Gasteiger partial charge in [-0.2, -0.15) is 0 Å². The number of benzene rings is 3. The first-order valence-corrected chi connectivity index (χ1v) is 10.1. The van der Waals surface area contributed by atoms with Crippen molar-refractivity contribution in [3.05, 3.63) is 89.5 Å². The maximum absolute atomic E-state index is 12.7. The van der Waals surface area contributed by atoms with Crippen LogP contribution in [0.5, 0.6) is 0 Å². The van der Waals surface area contributed by atoms with E-state index in [1.54, 1.807) is 12.1 Å². The summed E-state index contributed by atoms with van der Waals surface area (Å²) in [6.07, 6.45) is 0.902. The molecule has 128 valence electrons. The van der Waals surface area contributed by atoms with Gasteiger partial charge in [-0.25, -0.2) is 8.42 Å². The van der Waals surface area contributed by atoms with Gasteiger partial charge in [0.1, 0.15) is 0 Å². The number of aryl methyl sites for hydroxylation is 2. The van der Waals surface area contributed by atoms with Crippen LogP contribution >= 0.6 is 0 Å². The van der Waals surface area contributed by atoms with Crippen molar-refractivity contribution >= 4 is 9.84 Å². The molecule has 0 bridgehead atoms. The van der Waals surface area contributed by atoms with Crippen LogP contribution in [0, 0.1) is 6.92 Å². The van der Waals surface area contributed by atoms with Crippen LogP contribution in [-0.4, -0.2) is 8.42 Å². The lowest BCUT2D eigenvalue weighted by Gasteiger charge is -2.08. The molecule has 25 heavy (non-hydrogen) atoms. The number of sulfone groups is 1.